The van der Waals surface area contributed by atoms with E-state index in [1.807, 2.05) is 93.2 Å². The minimum absolute atomic E-state index is 0.0246. The van der Waals surface area contributed by atoms with Crippen LogP contribution in [0.15, 0.2) is 59.0 Å². The summed E-state index contributed by atoms with van der Waals surface area (Å²) in [6, 6.07) is 12.9. The fourth-order valence-electron chi connectivity index (χ4n) is 8.16. The molecule has 1 fully saturated rings. The molecule has 0 radical (unpaired) electrons. The van der Waals surface area contributed by atoms with Crippen LogP contribution in [0.2, 0.25) is 5.02 Å². The Morgan fingerprint density at radius 1 is 0.925 bits per heavy atom. The van der Waals surface area contributed by atoms with Crippen molar-refractivity contribution in [3.05, 3.63) is 104 Å². The monoisotopic (exact) mass is 971 g/mol. The van der Waals surface area contributed by atoms with Crippen molar-refractivity contribution in [2.24, 2.45) is 10.4 Å². The molecule has 0 unspecified atom stereocenters. The first-order chi connectivity index (χ1) is 32.0. The standard InChI is InChI=1S/C48H58ClN9O7S2/c1-27-29(3)67-47-40(27)41(32-13-15-34(49)16-14-32)53-36(44-56-55-30(4)58(44)47)22-38(60)50-17-20-64-18-8-19-65-25-39(61)54-43(48(5,6)7)46(63)57-24-35(59)21-37(57)45(62)51-23-31-9-11-33(12-10-31)42-28(2)52-26-66-42/h9-16,26,35-37,43,59H,8,17-25H2,1-7H3,(H,50,60)(H,51,62)(H,54,61)/t35-,36-,37-,43+/m0/s1. The van der Waals surface area contributed by atoms with E-state index in [0.717, 1.165) is 54.0 Å². The third-order valence-corrected chi connectivity index (χ3v) is 14.2. The van der Waals surface area contributed by atoms with Crippen molar-refractivity contribution in [2.45, 2.75) is 98.5 Å². The quantitative estimate of drug-likeness (QED) is 0.0759. The molecular formula is C48H58ClN9O7S2. The third-order valence-electron chi connectivity index (χ3n) is 11.8. The molecule has 3 aromatic heterocycles. The average molecular weight is 973 g/mol. The number of benzene rings is 2. The van der Waals surface area contributed by atoms with Gasteiger partial charge in [0, 0.05) is 60.3 Å². The fraction of sp³-hybridized carbons (Fsp3) is 0.458. The molecule has 1 saturated heterocycles. The highest BCUT2D eigenvalue weighted by Gasteiger charge is 2.44. The topological polar surface area (TPSA) is 202 Å². The number of carbonyl (C=O) groups excluding carboxylic acids is 4. The number of rotatable bonds is 18. The summed E-state index contributed by atoms with van der Waals surface area (Å²) in [6.07, 6.45) is -0.245. The normalized spacial score (nSPS) is 17.3. The van der Waals surface area contributed by atoms with Crippen LogP contribution in [0.4, 0.5) is 0 Å². The van der Waals surface area contributed by atoms with Crippen LogP contribution in [0.5, 0.6) is 0 Å². The smallest absolute Gasteiger partial charge is 0.246 e. The van der Waals surface area contributed by atoms with Crippen molar-refractivity contribution < 1.29 is 33.8 Å². The number of aromatic nitrogens is 4. The summed E-state index contributed by atoms with van der Waals surface area (Å²) in [7, 11) is 0. The number of aliphatic hydroxyl groups excluding tert-OH is 1. The lowest BCUT2D eigenvalue weighted by atomic mass is 9.85. The Bertz CT molecular complexity index is 2600. The molecule has 4 atom stereocenters. The number of hydrogen-bond donors (Lipinski definition) is 4. The second-order valence-electron chi connectivity index (χ2n) is 17.9. The van der Waals surface area contributed by atoms with Gasteiger partial charge in [-0.05, 0) is 68.4 Å². The van der Waals surface area contributed by atoms with Crippen LogP contribution in [-0.2, 0) is 35.2 Å². The number of ether oxygens (including phenoxy) is 2. The van der Waals surface area contributed by atoms with Gasteiger partial charge in [-0.3, -0.25) is 28.7 Å². The molecule has 356 valence electrons. The molecule has 4 N–H and O–H groups in total. The van der Waals surface area contributed by atoms with Gasteiger partial charge in [-0.1, -0.05) is 68.8 Å². The molecule has 0 saturated carbocycles. The Labute approximate surface area is 403 Å². The minimum atomic E-state index is -0.977. The molecule has 19 heteroatoms. The third kappa shape index (κ3) is 11.8. The van der Waals surface area contributed by atoms with Gasteiger partial charge in [0.1, 0.15) is 35.6 Å². The second kappa shape index (κ2) is 21.7. The summed E-state index contributed by atoms with van der Waals surface area (Å²) >= 11 is 9.45. The highest BCUT2D eigenvalue weighted by molar-refractivity contribution is 7.15. The van der Waals surface area contributed by atoms with Gasteiger partial charge in [-0.25, -0.2) is 4.98 Å². The molecule has 0 spiro atoms. The van der Waals surface area contributed by atoms with Gasteiger partial charge in [-0.2, -0.15) is 0 Å². The summed E-state index contributed by atoms with van der Waals surface area (Å²) in [5, 5.41) is 29.7. The summed E-state index contributed by atoms with van der Waals surface area (Å²) in [5.41, 5.74) is 7.76. The SMILES string of the molecule is Cc1ncsc1-c1ccc(CNC(=O)[C@@H]2C[C@H](O)CN2C(=O)[C@@H](NC(=O)COCCCOCCNC(=O)C[C@@H]2N=C(c3ccc(Cl)cc3)c3c(sc(C)c3C)-n3c(C)nnc32)C(C)(C)C)cc1. The summed E-state index contributed by atoms with van der Waals surface area (Å²) in [6.45, 7) is 14.5. The van der Waals surface area contributed by atoms with Crippen LogP contribution in [-0.4, -0.2) is 117 Å². The van der Waals surface area contributed by atoms with Crippen LogP contribution in [0, 0.1) is 33.1 Å². The fourth-order valence-corrected chi connectivity index (χ4v) is 10.3. The van der Waals surface area contributed by atoms with E-state index in [4.69, 9.17) is 26.1 Å². The number of likely N-dealkylation sites (tertiary alicyclic amines) is 1. The maximum atomic E-state index is 14.0. The lowest BCUT2D eigenvalue weighted by molar-refractivity contribution is -0.144. The van der Waals surface area contributed by atoms with Gasteiger partial charge in [-0.15, -0.1) is 32.9 Å². The molecule has 2 aliphatic heterocycles. The van der Waals surface area contributed by atoms with E-state index >= 15 is 0 Å². The van der Waals surface area contributed by atoms with Crippen LogP contribution in [0.1, 0.15) is 90.5 Å². The van der Waals surface area contributed by atoms with E-state index in [0.29, 0.717) is 29.7 Å². The number of thiophene rings is 1. The zero-order valence-corrected chi connectivity index (χ0v) is 41.2. The Hall–Kier alpha value is -5.37. The van der Waals surface area contributed by atoms with Gasteiger partial charge in [0.2, 0.25) is 23.6 Å². The van der Waals surface area contributed by atoms with E-state index < -0.39 is 41.5 Å². The molecule has 0 bridgehead atoms. The number of hydrogen-bond acceptors (Lipinski definition) is 13. The highest BCUT2D eigenvalue weighted by atomic mass is 35.5. The lowest BCUT2D eigenvalue weighted by Gasteiger charge is -2.35. The van der Waals surface area contributed by atoms with E-state index in [1.54, 1.807) is 22.7 Å². The maximum absolute atomic E-state index is 14.0. The number of carbonyl (C=O) groups is 4. The molecule has 7 rings (SSSR count). The number of β-amino-alcohol motifs (C(OH)–C–C–N with tert-alkyl or cyclic N) is 1. The zero-order valence-electron chi connectivity index (χ0n) is 38.9. The number of fused-ring (bicyclic) bond motifs is 3. The van der Waals surface area contributed by atoms with Crippen molar-refractivity contribution in [1.29, 1.82) is 0 Å². The van der Waals surface area contributed by atoms with Crippen LogP contribution >= 0.6 is 34.3 Å². The van der Waals surface area contributed by atoms with E-state index in [1.165, 1.54) is 4.90 Å². The number of nitrogens with one attached hydrogen (secondary N) is 3. The Morgan fingerprint density at radius 2 is 1.64 bits per heavy atom. The maximum Gasteiger partial charge on any atom is 0.246 e. The highest BCUT2D eigenvalue weighted by Crippen LogP contribution is 2.40. The summed E-state index contributed by atoms with van der Waals surface area (Å²) in [4.78, 5) is 66.9. The first-order valence-electron chi connectivity index (χ1n) is 22.3. The molecule has 67 heavy (non-hydrogen) atoms. The number of aliphatic hydroxyl groups is 1. The Balaban J connectivity index is 0.832. The first kappa shape index (κ1) is 49.5. The first-order valence-corrected chi connectivity index (χ1v) is 24.4. The number of amides is 4. The number of halogens is 1. The molecule has 2 aromatic carbocycles. The van der Waals surface area contributed by atoms with Gasteiger partial charge in [0.05, 0.1) is 40.9 Å². The zero-order chi connectivity index (χ0) is 48.0. The number of nitrogens with zero attached hydrogens (tertiary/aromatic N) is 6. The second-order valence-corrected chi connectivity index (χ2v) is 20.4. The van der Waals surface area contributed by atoms with Crippen molar-refractivity contribution in [3.8, 4) is 15.4 Å². The van der Waals surface area contributed by atoms with Crippen molar-refractivity contribution in [3.63, 3.8) is 0 Å². The Kier molecular flexibility index (Phi) is 16.1. The van der Waals surface area contributed by atoms with Gasteiger partial charge in [0.25, 0.3) is 0 Å². The molecule has 0 aliphatic carbocycles. The predicted octanol–water partition coefficient (Wildman–Crippen LogP) is 5.97. The largest absolute Gasteiger partial charge is 0.391 e. The van der Waals surface area contributed by atoms with Crippen molar-refractivity contribution in [2.75, 3.05) is 39.5 Å². The van der Waals surface area contributed by atoms with Crippen LogP contribution in [0.25, 0.3) is 15.4 Å². The number of thiazole rings is 1. The molecule has 5 aromatic rings. The van der Waals surface area contributed by atoms with E-state index in [9.17, 15) is 24.3 Å². The average Bonchev–Trinajstić information content (AvgIpc) is 4.06. The molecule has 2 aliphatic rings. The lowest BCUT2D eigenvalue weighted by Crippen LogP contribution is -2.58. The summed E-state index contributed by atoms with van der Waals surface area (Å²) in [5.74, 6) is -0.210. The van der Waals surface area contributed by atoms with Crippen molar-refractivity contribution in [1.82, 2.24) is 40.6 Å². The Morgan fingerprint density at radius 3 is 2.34 bits per heavy atom. The van der Waals surface area contributed by atoms with Gasteiger partial charge < -0.3 is 35.4 Å². The summed E-state index contributed by atoms with van der Waals surface area (Å²) < 4.78 is 13.4. The van der Waals surface area contributed by atoms with Crippen LogP contribution < -0.4 is 16.0 Å². The minimum Gasteiger partial charge on any atom is -0.391 e. The molecule has 16 nitrogen and oxygen atoms in total. The number of aliphatic imine (C=N–C) groups is 1. The van der Waals surface area contributed by atoms with E-state index in [-0.39, 0.29) is 64.1 Å². The molecular weight excluding hydrogens is 914 g/mol. The number of aryl methyl sites for hydroxylation is 3. The molecule has 4 amide bonds. The van der Waals surface area contributed by atoms with Crippen LogP contribution in [0.3, 0.4) is 0 Å². The van der Waals surface area contributed by atoms with E-state index in [2.05, 4.69) is 45.0 Å². The predicted molar refractivity (Wildman–Crippen MR) is 259 cm³/mol. The van der Waals surface area contributed by atoms with Crippen molar-refractivity contribution >= 4 is 63.6 Å². The van der Waals surface area contributed by atoms with Gasteiger partial charge >= 0.3 is 0 Å². The van der Waals surface area contributed by atoms with Gasteiger partial charge in [0.15, 0.2) is 5.82 Å². The molecule has 5 heterocycles.